The molecule has 0 bridgehead atoms. The van der Waals surface area contributed by atoms with Crippen molar-refractivity contribution in [3.05, 3.63) is 52.2 Å². The number of anilines is 1. The van der Waals surface area contributed by atoms with E-state index in [4.69, 9.17) is 5.73 Å². The van der Waals surface area contributed by atoms with Crippen LogP contribution in [0.2, 0.25) is 0 Å². The number of thiophene rings is 1. The average Bonchev–Trinajstić information content (AvgIpc) is 2.91. The smallest absolute Gasteiger partial charge is 0.0434 e. The van der Waals surface area contributed by atoms with Crippen LogP contribution in [-0.2, 0) is 6.54 Å². The summed E-state index contributed by atoms with van der Waals surface area (Å²) in [6.07, 6.45) is 0.976. The summed E-state index contributed by atoms with van der Waals surface area (Å²) in [5.41, 5.74) is 9.82. The van der Waals surface area contributed by atoms with Gasteiger partial charge in [-0.1, -0.05) is 19.1 Å². The predicted molar refractivity (Wildman–Crippen MR) is 80.1 cm³/mol. The fraction of sp³-hybridized carbons (Fsp3) is 0.333. The summed E-state index contributed by atoms with van der Waals surface area (Å²) in [4.78, 5) is 2.25. The number of rotatable bonds is 5. The lowest BCUT2D eigenvalue weighted by atomic mass is 10.1. The van der Waals surface area contributed by atoms with Crippen molar-refractivity contribution >= 4 is 17.0 Å². The Morgan fingerprint density at radius 1 is 1.22 bits per heavy atom. The van der Waals surface area contributed by atoms with E-state index in [9.17, 15) is 0 Å². The van der Waals surface area contributed by atoms with Crippen LogP contribution in [-0.4, -0.2) is 7.05 Å². The van der Waals surface area contributed by atoms with Crippen LogP contribution in [0.1, 0.15) is 30.5 Å². The third-order valence-electron chi connectivity index (χ3n) is 3.20. The fourth-order valence-corrected chi connectivity index (χ4v) is 2.62. The van der Waals surface area contributed by atoms with E-state index in [-0.39, 0.29) is 6.04 Å². The molecule has 0 aliphatic heterocycles. The molecule has 3 heteroatoms. The SMILES string of the molecule is CC[C@@H](N)c1ccc(N(C)Cc2ccsc2)cc1. The molecule has 0 saturated heterocycles. The summed E-state index contributed by atoms with van der Waals surface area (Å²) in [5.74, 6) is 0. The van der Waals surface area contributed by atoms with Crippen molar-refractivity contribution in [3.63, 3.8) is 0 Å². The topological polar surface area (TPSA) is 29.3 Å². The van der Waals surface area contributed by atoms with Gasteiger partial charge >= 0.3 is 0 Å². The van der Waals surface area contributed by atoms with Crippen LogP contribution in [0.3, 0.4) is 0 Å². The summed E-state index contributed by atoms with van der Waals surface area (Å²) < 4.78 is 0. The standard InChI is InChI=1S/C15H20N2S/c1-3-15(16)13-4-6-14(7-5-13)17(2)10-12-8-9-18-11-12/h4-9,11,15H,3,10,16H2,1-2H3/t15-/m1/s1. The van der Waals surface area contributed by atoms with E-state index >= 15 is 0 Å². The molecular formula is C15H20N2S. The molecule has 1 atom stereocenters. The molecule has 18 heavy (non-hydrogen) atoms. The van der Waals surface area contributed by atoms with Crippen LogP contribution in [0, 0.1) is 0 Å². The molecule has 2 N–H and O–H groups in total. The van der Waals surface area contributed by atoms with Crippen LogP contribution in [0.15, 0.2) is 41.1 Å². The van der Waals surface area contributed by atoms with Crippen molar-refractivity contribution in [3.8, 4) is 0 Å². The molecule has 0 radical (unpaired) electrons. The summed E-state index contributed by atoms with van der Waals surface area (Å²) in [5, 5.41) is 4.31. The third-order valence-corrected chi connectivity index (χ3v) is 3.93. The Bertz CT molecular complexity index is 462. The maximum Gasteiger partial charge on any atom is 0.0434 e. The molecule has 96 valence electrons. The zero-order chi connectivity index (χ0) is 13.0. The van der Waals surface area contributed by atoms with Crippen LogP contribution >= 0.6 is 11.3 Å². The molecule has 0 aliphatic carbocycles. The second-order valence-corrected chi connectivity index (χ2v) is 5.37. The van der Waals surface area contributed by atoms with Crippen molar-refractivity contribution in [1.29, 1.82) is 0 Å². The Balaban J connectivity index is 2.04. The quantitative estimate of drug-likeness (QED) is 0.886. The van der Waals surface area contributed by atoms with Gasteiger partial charge in [-0.05, 0) is 46.5 Å². The molecule has 1 aromatic carbocycles. The largest absolute Gasteiger partial charge is 0.370 e. The first-order valence-electron chi connectivity index (χ1n) is 6.28. The monoisotopic (exact) mass is 260 g/mol. The lowest BCUT2D eigenvalue weighted by molar-refractivity contribution is 0.698. The van der Waals surface area contributed by atoms with Crippen molar-refractivity contribution in [1.82, 2.24) is 0 Å². The van der Waals surface area contributed by atoms with Gasteiger partial charge in [-0.15, -0.1) is 0 Å². The van der Waals surface area contributed by atoms with E-state index in [1.165, 1.54) is 16.8 Å². The van der Waals surface area contributed by atoms with Crippen molar-refractivity contribution in [2.75, 3.05) is 11.9 Å². The minimum Gasteiger partial charge on any atom is -0.370 e. The normalized spacial score (nSPS) is 12.4. The Morgan fingerprint density at radius 2 is 1.94 bits per heavy atom. The summed E-state index contributed by atoms with van der Waals surface area (Å²) in [6, 6.07) is 10.9. The number of nitrogens with zero attached hydrogens (tertiary/aromatic N) is 1. The number of benzene rings is 1. The zero-order valence-electron chi connectivity index (χ0n) is 11.0. The third kappa shape index (κ3) is 3.12. The van der Waals surface area contributed by atoms with E-state index in [0.717, 1.165) is 13.0 Å². The Morgan fingerprint density at radius 3 is 2.50 bits per heavy atom. The molecule has 1 aromatic heterocycles. The predicted octanol–water partition coefficient (Wildman–Crippen LogP) is 3.79. The molecule has 0 unspecified atom stereocenters. The van der Waals surface area contributed by atoms with Gasteiger partial charge < -0.3 is 10.6 Å². The Hall–Kier alpha value is -1.32. The molecule has 0 amide bonds. The summed E-state index contributed by atoms with van der Waals surface area (Å²) >= 11 is 1.74. The molecule has 0 fully saturated rings. The first kappa shape index (κ1) is 13.1. The van der Waals surface area contributed by atoms with Gasteiger partial charge in [0.05, 0.1) is 0 Å². The molecule has 1 heterocycles. The number of hydrogen-bond donors (Lipinski definition) is 1. The molecule has 0 saturated carbocycles. The van der Waals surface area contributed by atoms with E-state index in [1.54, 1.807) is 11.3 Å². The second-order valence-electron chi connectivity index (χ2n) is 4.59. The molecule has 0 aliphatic rings. The van der Waals surface area contributed by atoms with E-state index in [2.05, 4.69) is 60.0 Å². The summed E-state index contributed by atoms with van der Waals surface area (Å²) in [7, 11) is 2.12. The van der Waals surface area contributed by atoms with Gasteiger partial charge in [0.1, 0.15) is 0 Å². The second kappa shape index (κ2) is 6.03. The van der Waals surface area contributed by atoms with Gasteiger partial charge in [0.15, 0.2) is 0 Å². The van der Waals surface area contributed by atoms with Crippen molar-refractivity contribution in [2.24, 2.45) is 5.73 Å². The van der Waals surface area contributed by atoms with Crippen LogP contribution in [0.5, 0.6) is 0 Å². The molecule has 2 nitrogen and oxygen atoms in total. The van der Waals surface area contributed by atoms with Gasteiger partial charge in [-0.25, -0.2) is 0 Å². The van der Waals surface area contributed by atoms with Gasteiger partial charge in [-0.2, -0.15) is 11.3 Å². The number of nitrogens with two attached hydrogens (primary N) is 1. The van der Waals surface area contributed by atoms with Crippen LogP contribution in [0.25, 0.3) is 0 Å². The summed E-state index contributed by atoms with van der Waals surface area (Å²) in [6.45, 7) is 3.06. The van der Waals surface area contributed by atoms with E-state index in [1.807, 2.05) is 0 Å². The Labute approximate surface area is 113 Å². The minimum absolute atomic E-state index is 0.154. The van der Waals surface area contributed by atoms with Gasteiger partial charge in [0.25, 0.3) is 0 Å². The van der Waals surface area contributed by atoms with Gasteiger partial charge in [-0.3, -0.25) is 0 Å². The molecule has 2 rings (SSSR count). The fourth-order valence-electron chi connectivity index (χ4n) is 1.96. The van der Waals surface area contributed by atoms with Gasteiger partial charge in [0.2, 0.25) is 0 Å². The first-order valence-corrected chi connectivity index (χ1v) is 7.22. The Kier molecular flexibility index (Phi) is 4.39. The maximum atomic E-state index is 6.02. The average molecular weight is 260 g/mol. The molecule has 2 aromatic rings. The highest BCUT2D eigenvalue weighted by atomic mass is 32.1. The molecule has 0 spiro atoms. The highest BCUT2D eigenvalue weighted by Crippen LogP contribution is 2.20. The first-order chi connectivity index (χ1) is 8.70. The zero-order valence-corrected chi connectivity index (χ0v) is 11.8. The number of hydrogen-bond acceptors (Lipinski definition) is 3. The highest BCUT2D eigenvalue weighted by molar-refractivity contribution is 7.07. The maximum absolute atomic E-state index is 6.02. The lowest BCUT2D eigenvalue weighted by Gasteiger charge is -2.19. The van der Waals surface area contributed by atoms with Crippen LogP contribution in [0.4, 0.5) is 5.69 Å². The molecular weight excluding hydrogens is 240 g/mol. The van der Waals surface area contributed by atoms with Crippen molar-refractivity contribution < 1.29 is 0 Å². The minimum atomic E-state index is 0.154. The highest BCUT2D eigenvalue weighted by Gasteiger charge is 2.05. The van der Waals surface area contributed by atoms with Crippen molar-refractivity contribution in [2.45, 2.75) is 25.9 Å². The van der Waals surface area contributed by atoms with Gasteiger partial charge in [0, 0.05) is 25.3 Å². The van der Waals surface area contributed by atoms with E-state index in [0.29, 0.717) is 0 Å². The van der Waals surface area contributed by atoms with Crippen LogP contribution < -0.4 is 10.6 Å². The lowest BCUT2D eigenvalue weighted by Crippen LogP contribution is -2.16. The van der Waals surface area contributed by atoms with E-state index < -0.39 is 0 Å².